The maximum absolute atomic E-state index is 9.17. The molecule has 0 amide bonds. The smallest absolute Gasteiger partial charge is 0.101 e. The highest BCUT2D eigenvalue weighted by Gasteiger charge is 2.10. The van der Waals surface area contributed by atoms with Gasteiger partial charge in [-0.1, -0.05) is 12.1 Å². The first-order valence-corrected chi connectivity index (χ1v) is 7.30. The summed E-state index contributed by atoms with van der Waals surface area (Å²) in [5.74, 6) is 0. The number of hydrogen-bond acceptors (Lipinski definition) is 4. The third-order valence-electron chi connectivity index (χ3n) is 3.30. The number of nitrogen functional groups attached to an aromatic ring is 1. The third kappa shape index (κ3) is 2.54. The van der Waals surface area contributed by atoms with Crippen LogP contribution < -0.4 is 10.5 Å². The number of benzene rings is 2. The van der Waals surface area contributed by atoms with Crippen LogP contribution in [0.1, 0.15) is 11.1 Å². The van der Waals surface area contributed by atoms with Crippen LogP contribution in [0, 0.1) is 18.3 Å². The van der Waals surface area contributed by atoms with Crippen molar-refractivity contribution >= 4 is 34.2 Å². The van der Waals surface area contributed by atoms with Crippen LogP contribution in [0.25, 0.3) is 10.9 Å². The van der Waals surface area contributed by atoms with Crippen molar-refractivity contribution in [3.8, 4) is 6.07 Å². The molecule has 3 rings (SSSR count). The van der Waals surface area contributed by atoms with Gasteiger partial charge in [-0.2, -0.15) is 5.26 Å². The van der Waals surface area contributed by atoms with Crippen LogP contribution in [0.3, 0.4) is 0 Å². The number of nitrogens with zero attached hydrogens (tertiary/aromatic N) is 1. The zero-order valence-electron chi connectivity index (χ0n) is 11.5. The Balaban J connectivity index is 1.93. The maximum atomic E-state index is 9.17. The highest BCUT2D eigenvalue weighted by atomic mass is 32.2. The number of aromatic amines is 1. The van der Waals surface area contributed by atoms with Gasteiger partial charge in [0.05, 0.1) is 16.8 Å². The van der Waals surface area contributed by atoms with E-state index in [0.29, 0.717) is 5.56 Å². The normalized spacial score (nSPS) is 10.5. The van der Waals surface area contributed by atoms with E-state index in [0.717, 1.165) is 32.7 Å². The van der Waals surface area contributed by atoms with E-state index < -0.39 is 0 Å². The Morgan fingerprint density at radius 2 is 2.14 bits per heavy atom. The zero-order valence-corrected chi connectivity index (χ0v) is 12.3. The molecule has 1 aromatic heterocycles. The van der Waals surface area contributed by atoms with Crippen molar-refractivity contribution < 1.29 is 0 Å². The number of fused-ring (bicyclic) bond motifs is 1. The second-order valence-corrected chi connectivity index (χ2v) is 5.65. The zero-order chi connectivity index (χ0) is 14.8. The Hall–Kier alpha value is -2.58. The number of aryl methyl sites for hydroxylation is 1. The van der Waals surface area contributed by atoms with Crippen LogP contribution in [0.5, 0.6) is 0 Å². The van der Waals surface area contributed by atoms with Crippen LogP contribution >= 0.6 is 11.9 Å². The molecule has 2 aromatic carbocycles. The average molecular weight is 294 g/mol. The molecule has 0 spiro atoms. The number of rotatable bonds is 3. The van der Waals surface area contributed by atoms with E-state index >= 15 is 0 Å². The van der Waals surface area contributed by atoms with Gasteiger partial charge in [0, 0.05) is 22.2 Å². The second-order valence-electron chi connectivity index (χ2n) is 4.77. The van der Waals surface area contributed by atoms with Gasteiger partial charge in [-0.3, -0.25) is 0 Å². The van der Waals surface area contributed by atoms with Gasteiger partial charge in [-0.25, -0.2) is 0 Å². The van der Waals surface area contributed by atoms with Crippen molar-refractivity contribution in [3.05, 3.63) is 53.7 Å². The Bertz CT molecular complexity index is 845. The van der Waals surface area contributed by atoms with Crippen molar-refractivity contribution in [2.45, 2.75) is 11.8 Å². The number of H-pyrrole nitrogens is 1. The number of nitrogens with two attached hydrogens (primary N) is 1. The topological polar surface area (TPSA) is 77.6 Å². The van der Waals surface area contributed by atoms with Gasteiger partial charge in [-0.05, 0) is 48.7 Å². The van der Waals surface area contributed by atoms with E-state index in [2.05, 4.69) is 15.8 Å². The summed E-state index contributed by atoms with van der Waals surface area (Å²) in [7, 11) is 0. The molecule has 0 aliphatic carbocycles. The fourth-order valence-corrected chi connectivity index (χ4v) is 3.03. The molecule has 0 bridgehead atoms. The fourth-order valence-electron chi connectivity index (χ4n) is 2.29. The summed E-state index contributed by atoms with van der Waals surface area (Å²) >= 11 is 1.49. The number of nitriles is 1. The first-order valence-electron chi connectivity index (χ1n) is 6.48. The molecule has 3 aromatic rings. The molecule has 0 saturated heterocycles. The SMILES string of the molecule is Cc1ccc(NSc2cccc(N)c2)c2[nH]cc(C#N)c12. The minimum Gasteiger partial charge on any atom is -0.399 e. The monoisotopic (exact) mass is 294 g/mol. The van der Waals surface area contributed by atoms with E-state index in [1.807, 2.05) is 43.3 Å². The van der Waals surface area contributed by atoms with Gasteiger partial charge >= 0.3 is 0 Å². The van der Waals surface area contributed by atoms with Crippen LogP contribution in [0.15, 0.2) is 47.5 Å². The number of anilines is 2. The quantitative estimate of drug-likeness (QED) is 0.503. The molecule has 104 valence electrons. The van der Waals surface area contributed by atoms with Gasteiger partial charge in [0.1, 0.15) is 6.07 Å². The number of nitrogens with one attached hydrogen (secondary N) is 2. The van der Waals surface area contributed by atoms with Crippen molar-refractivity contribution in [1.82, 2.24) is 4.98 Å². The summed E-state index contributed by atoms with van der Waals surface area (Å²) in [5.41, 5.74) is 10.2. The molecule has 5 heteroatoms. The second kappa shape index (κ2) is 5.43. The summed E-state index contributed by atoms with van der Waals surface area (Å²) in [6.45, 7) is 2.01. The molecule has 1 heterocycles. The predicted octanol–water partition coefficient (Wildman–Crippen LogP) is 4.05. The standard InChI is InChI=1S/C16H14N4S/c1-10-5-6-14(16-15(10)11(8-17)9-19-16)20-21-13-4-2-3-12(18)7-13/h2-7,9,19-20H,18H2,1H3. The predicted molar refractivity (Wildman–Crippen MR) is 88.1 cm³/mol. The van der Waals surface area contributed by atoms with Gasteiger partial charge < -0.3 is 15.4 Å². The van der Waals surface area contributed by atoms with Crippen molar-refractivity contribution in [3.63, 3.8) is 0 Å². The summed E-state index contributed by atoms with van der Waals surface area (Å²) < 4.78 is 3.32. The molecule has 0 saturated carbocycles. The summed E-state index contributed by atoms with van der Waals surface area (Å²) in [5, 5.41) is 10.1. The lowest BCUT2D eigenvalue weighted by Gasteiger charge is -2.08. The minimum atomic E-state index is 0.667. The lowest BCUT2D eigenvalue weighted by molar-refractivity contribution is 1.44. The first-order chi connectivity index (χ1) is 10.2. The molecule has 4 N–H and O–H groups in total. The lowest BCUT2D eigenvalue weighted by Crippen LogP contribution is -1.91. The molecule has 4 nitrogen and oxygen atoms in total. The first kappa shape index (κ1) is 13.4. The van der Waals surface area contributed by atoms with E-state index in [9.17, 15) is 0 Å². The molecule has 21 heavy (non-hydrogen) atoms. The Labute approximate surface area is 127 Å². The minimum absolute atomic E-state index is 0.667. The Morgan fingerprint density at radius 3 is 2.90 bits per heavy atom. The van der Waals surface area contributed by atoms with Crippen LogP contribution in [0.4, 0.5) is 11.4 Å². The van der Waals surface area contributed by atoms with E-state index in [4.69, 9.17) is 11.0 Å². The van der Waals surface area contributed by atoms with Gasteiger partial charge in [-0.15, -0.1) is 0 Å². The van der Waals surface area contributed by atoms with E-state index in [-0.39, 0.29) is 0 Å². The average Bonchev–Trinajstić information content (AvgIpc) is 2.92. The molecule has 0 aliphatic heterocycles. The van der Waals surface area contributed by atoms with Crippen LogP contribution in [0.2, 0.25) is 0 Å². The molecular weight excluding hydrogens is 280 g/mol. The number of aromatic nitrogens is 1. The summed E-state index contributed by atoms with van der Waals surface area (Å²) in [6, 6.07) is 13.9. The van der Waals surface area contributed by atoms with E-state index in [1.165, 1.54) is 11.9 Å². The Morgan fingerprint density at radius 1 is 1.29 bits per heavy atom. The van der Waals surface area contributed by atoms with Gasteiger partial charge in [0.15, 0.2) is 0 Å². The number of hydrogen-bond donors (Lipinski definition) is 3. The van der Waals surface area contributed by atoms with Gasteiger partial charge in [0.25, 0.3) is 0 Å². The highest BCUT2D eigenvalue weighted by Crippen LogP contribution is 2.31. The molecule has 0 fully saturated rings. The lowest BCUT2D eigenvalue weighted by atomic mass is 10.1. The molecule has 0 unspecified atom stereocenters. The van der Waals surface area contributed by atoms with E-state index in [1.54, 1.807) is 6.20 Å². The van der Waals surface area contributed by atoms with Gasteiger partial charge in [0.2, 0.25) is 0 Å². The maximum Gasteiger partial charge on any atom is 0.101 e. The van der Waals surface area contributed by atoms with Crippen LogP contribution in [-0.2, 0) is 0 Å². The largest absolute Gasteiger partial charge is 0.399 e. The molecular formula is C16H14N4S. The van der Waals surface area contributed by atoms with Crippen molar-refractivity contribution in [2.24, 2.45) is 0 Å². The summed E-state index contributed by atoms with van der Waals surface area (Å²) in [4.78, 5) is 4.21. The Kier molecular flexibility index (Phi) is 3.46. The summed E-state index contributed by atoms with van der Waals surface area (Å²) in [6.07, 6.45) is 1.74. The van der Waals surface area contributed by atoms with Crippen molar-refractivity contribution in [2.75, 3.05) is 10.5 Å². The molecule has 0 atom stereocenters. The highest BCUT2D eigenvalue weighted by molar-refractivity contribution is 8.00. The van der Waals surface area contributed by atoms with Crippen LogP contribution in [-0.4, -0.2) is 4.98 Å². The third-order valence-corrected chi connectivity index (χ3v) is 4.11. The molecule has 0 radical (unpaired) electrons. The molecule has 0 aliphatic rings. The fraction of sp³-hybridized carbons (Fsp3) is 0.0625. The van der Waals surface area contributed by atoms with Crippen molar-refractivity contribution in [1.29, 1.82) is 5.26 Å².